The number of carbonyl (C=O) groups is 2. The van der Waals surface area contributed by atoms with Gasteiger partial charge >= 0.3 is 0 Å². The molecule has 0 saturated carbocycles. The van der Waals surface area contributed by atoms with Crippen LogP contribution in [-0.2, 0) is 0 Å². The van der Waals surface area contributed by atoms with Gasteiger partial charge < -0.3 is 10.2 Å². The first-order valence-electron chi connectivity index (χ1n) is 8.80. The Bertz CT molecular complexity index is 760. The number of hydrogen-bond acceptors (Lipinski definition) is 2. The predicted octanol–water partition coefficient (Wildman–Crippen LogP) is 4.12. The highest BCUT2D eigenvalue weighted by Gasteiger charge is 2.21. The van der Waals surface area contributed by atoms with Crippen LogP contribution in [0.1, 0.15) is 46.0 Å². The van der Waals surface area contributed by atoms with E-state index in [-0.39, 0.29) is 11.8 Å². The average molecular weight is 336 g/mol. The molecule has 2 aromatic carbocycles. The van der Waals surface area contributed by atoms with Crippen LogP contribution in [0, 0.1) is 12.8 Å². The Balaban J connectivity index is 1.69. The molecule has 0 unspecified atom stereocenters. The first-order valence-corrected chi connectivity index (χ1v) is 8.80. The van der Waals surface area contributed by atoms with E-state index in [9.17, 15) is 9.59 Å². The maximum absolute atomic E-state index is 12.7. The van der Waals surface area contributed by atoms with Crippen molar-refractivity contribution in [2.75, 3.05) is 18.4 Å². The summed E-state index contributed by atoms with van der Waals surface area (Å²) in [6.45, 7) is 5.82. The normalized spacial score (nSPS) is 15.0. The van der Waals surface area contributed by atoms with Crippen molar-refractivity contribution in [2.45, 2.75) is 26.7 Å². The van der Waals surface area contributed by atoms with Crippen LogP contribution in [0.5, 0.6) is 0 Å². The van der Waals surface area contributed by atoms with E-state index in [1.54, 1.807) is 24.3 Å². The van der Waals surface area contributed by atoms with Crippen molar-refractivity contribution in [1.82, 2.24) is 4.90 Å². The summed E-state index contributed by atoms with van der Waals surface area (Å²) < 4.78 is 0. The molecule has 0 atom stereocenters. The molecule has 2 amide bonds. The van der Waals surface area contributed by atoms with Crippen molar-refractivity contribution < 1.29 is 9.59 Å². The molecule has 0 radical (unpaired) electrons. The Morgan fingerprint density at radius 3 is 2.36 bits per heavy atom. The zero-order chi connectivity index (χ0) is 17.8. The monoisotopic (exact) mass is 336 g/mol. The van der Waals surface area contributed by atoms with Gasteiger partial charge in [-0.15, -0.1) is 0 Å². The van der Waals surface area contributed by atoms with Gasteiger partial charge in [-0.1, -0.05) is 30.7 Å². The van der Waals surface area contributed by atoms with Crippen LogP contribution in [0.2, 0.25) is 0 Å². The number of rotatable bonds is 3. The fourth-order valence-electron chi connectivity index (χ4n) is 3.03. The van der Waals surface area contributed by atoms with Crippen LogP contribution in [0.15, 0.2) is 48.5 Å². The number of aryl methyl sites for hydroxylation is 1. The van der Waals surface area contributed by atoms with Gasteiger partial charge in [-0.3, -0.25) is 9.59 Å². The van der Waals surface area contributed by atoms with Crippen LogP contribution in [0.3, 0.4) is 0 Å². The molecule has 4 heteroatoms. The highest BCUT2D eigenvalue weighted by atomic mass is 16.2. The third kappa shape index (κ3) is 4.27. The molecule has 130 valence electrons. The number of amides is 2. The van der Waals surface area contributed by atoms with E-state index < -0.39 is 0 Å². The molecule has 0 aromatic heterocycles. The molecule has 4 nitrogen and oxygen atoms in total. The van der Waals surface area contributed by atoms with Gasteiger partial charge in [0.05, 0.1) is 0 Å². The third-order valence-electron chi connectivity index (χ3n) is 4.75. The molecule has 0 aliphatic carbocycles. The molecule has 0 bridgehead atoms. The zero-order valence-electron chi connectivity index (χ0n) is 14.8. The van der Waals surface area contributed by atoms with E-state index in [1.165, 1.54) is 0 Å². The van der Waals surface area contributed by atoms with Crippen molar-refractivity contribution in [3.63, 3.8) is 0 Å². The van der Waals surface area contributed by atoms with Gasteiger partial charge in [-0.25, -0.2) is 0 Å². The number of nitrogens with one attached hydrogen (secondary N) is 1. The highest BCUT2D eigenvalue weighted by molar-refractivity contribution is 6.05. The van der Waals surface area contributed by atoms with Crippen molar-refractivity contribution in [3.05, 3.63) is 65.2 Å². The number of likely N-dealkylation sites (tertiary alicyclic amines) is 1. The van der Waals surface area contributed by atoms with E-state index >= 15 is 0 Å². The van der Waals surface area contributed by atoms with Gasteiger partial charge in [0, 0.05) is 29.9 Å². The van der Waals surface area contributed by atoms with Crippen molar-refractivity contribution >= 4 is 17.5 Å². The Kier molecular flexibility index (Phi) is 5.17. The average Bonchev–Trinajstić information content (AvgIpc) is 2.62. The molecule has 0 spiro atoms. The van der Waals surface area contributed by atoms with Crippen LogP contribution >= 0.6 is 0 Å². The number of piperidine rings is 1. The van der Waals surface area contributed by atoms with Crippen LogP contribution < -0.4 is 5.32 Å². The molecule has 1 heterocycles. The number of anilines is 1. The molecule has 2 aromatic rings. The minimum atomic E-state index is -0.170. The second-order valence-electron chi connectivity index (χ2n) is 6.88. The Morgan fingerprint density at radius 2 is 1.68 bits per heavy atom. The Labute approximate surface area is 148 Å². The number of nitrogens with zero attached hydrogens (tertiary/aromatic N) is 1. The van der Waals surface area contributed by atoms with Gasteiger partial charge in [0.15, 0.2) is 0 Å². The Hall–Kier alpha value is -2.62. The van der Waals surface area contributed by atoms with E-state index in [4.69, 9.17) is 0 Å². The molecule has 1 saturated heterocycles. The maximum Gasteiger partial charge on any atom is 0.255 e. The number of carbonyl (C=O) groups excluding carboxylic acids is 2. The Morgan fingerprint density at radius 1 is 1.00 bits per heavy atom. The van der Waals surface area contributed by atoms with E-state index in [0.29, 0.717) is 22.7 Å². The number of benzene rings is 2. The molecule has 1 aliphatic rings. The summed E-state index contributed by atoms with van der Waals surface area (Å²) in [5.41, 5.74) is 2.98. The maximum atomic E-state index is 12.7. The van der Waals surface area contributed by atoms with E-state index in [0.717, 1.165) is 31.5 Å². The molecular weight excluding hydrogens is 312 g/mol. The highest BCUT2D eigenvalue weighted by Crippen LogP contribution is 2.20. The van der Waals surface area contributed by atoms with E-state index in [1.807, 2.05) is 36.1 Å². The summed E-state index contributed by atoms with van der Waals surface area (Å²) in [4.78, 5) is 26.9. The fraction of sp³-hybridized carbons (Fsp3) is 0.333. The quantitative estimate of drug-likeness (QED) is 0.916. The minimum absolute atomic E-state index is 0.0401. The standard InChI is InChI=1S/C21H24N2O2/c1-15-6-8-17(9-7-15)20(24)22-19-5-3-4-18(14-19)21(25)23-12-10-16(2)11-13-23/h3-9,14,16H,10-13H2,1-2H3,(H,22,24). The first kappa shape index (κ1) is 17.2. The zero-order valence-corrected chi connectivity index (χ0v) is 14.8. The molecule has 3 rings (SSSR count). The summed E-state index contributed by atoms with van der Waals surface area (Å²) in [5, 5.41) is 2.87. The molecule has 1 fully saturated rings. The second kappa shape index (κ2) is 7.51. The van der Waals surface area contributed by atoms with Gasteiger partial charge in [-0.2, -0.15) is 0 Å². The fourth-order valence-corrected chi connectivity index (χ4v) is 3.03. The van der Waals surface area contributed by atoms with Gasteiger partial charge in [-0.05, 0) is 56.0 Å². The first-order chi connectivity index (χ1) is 12.0. The minimum Gasteiger partial charge on any atom is -0.339 e. The summed E-state index contributed by atoms with van der Waals surface area (Å²) in [7, 11) is 0. The van der Waals surface area contributed by atoms with Crippen LogP contribution in [0.25, 0.3) is 0 Å². The number of hydrogen-bond donors (Lipinski definition) is 1. The predicted molar refractivity (Wildman–Crippen MR) is 99.9 cm³/mol. The second-order valence-corrected chi connectivity index (χ2v) is 6.88. The lowest BCUT2D eigenvalue weighted by Gasteiger charge is -2.30. The van der Waals surface area contributed by atoms with Crippen LogP contribution in [-0.4, -0.2) is 29.8 Å². The molecule has 25 heavy (non-hydrogen) atoms. The molecule has 1 N–H and O–H groups in total. The van der Waals surface area contributed by atoms with Gasteiger partial charge in [0.2, 0.25) is 0 Å². The lowest BCUT2D eigenvalue weighted by molar-refractivity contribution is 0.0697. The van der Waals surface area contributed by atoms with Gasteiger partial charge in [0.1, 0.15) is 0 Å². The molecule has 1 aliphatic heterocycles. The lowest BCUT2D eigenvalue weighted by atomic mass is 9.98. The summed E-state index contributed by atoms with van der Waals surface area (Å²) in [6, 6.07) is 14.6. The lowest BCUT2D eigenvalue weighted by Crippen LogP contribution is -2.37. The summed E-state index contributed by atoms with van der Waals surface area (Å²) >= 11 is 0. The van der Waals surface area contributed by atoms with Crippen LogP contribution in [0.4, 0.5) is 5.69 Å². The smallest absolute Gasteiger partial charge is 0.255 e. The summed E-state index contributed by atoms with van der Waals surface area (Å²) in [5.74, 6) is 0.555. The van der Waals surface area contributed by atoms with Crippen molar-refractivity contribution in [3.8, 4) is 0 Å². The largest absolute Gasteiger partial charge is 0.339 e. The van der Waals surface area contributed by atoms with Crippen molar-refractivity contribution in [2.24, 2.45) is 5.92 Å². The summed E-state index contributed by atoms with van der Waals surface area (Å²) in [6.07, 6.45) is 2.10. The van der Waals surface area contributed by atoms with E-state index in [2.05, 4.69) is 12.2 Å². The third-order valence-corrected chi connectivity index (χ3v) is 4.75. The van der Waals surface area contributed by atoms with Gasteiger partial charge in [0.25, 0.3) is 11.8 Å². The SMILES string of the molecule is Cc1ccc(C(=O)Nc2cccc(C(=O)N3CCC(C)CC3)c2)cc1. The molecular formula is C21H24N2O2. The topological polar surface area (TPSA) is 49.4 Å². The van der Waals surface area contributed by atoms with Crippen molar-refractivity contribution in [1.29, 1.82) is 0 Å².